The first-order valence-corrected chi connectivity index (χ1v) is 6.23. The summed E-state index contributed by atoms with van der Waals surface area (Å²) in [5, 5.41) is 25.9. The Morgan fingerprint density at radius 3 is 2.20 bits per heavy atom. The van der Waals surface area contributed by atoms with Crippen molar-refractivity contribution >= 4 is 5.71 Å². The molecule has 0 radical (unpaired) electrons. The van der Waals surface area contributed by atoms with Crippen molar-refractivity contribution in [1.29, 1.82) is 15.9 Å². The fourth-order valence-corrected chi connectivity index (χ4v) is 1.81. The Bertz CT molecular complexity index is 636. The zero-order valence-electron chi connectivity index (χ0n) is 11.1. The number of nitrogens with zero attached hydrogens (tertiary/aromatic N) is 2. The number of hydrogen-bond donors (Lipinski definition) is 2. The van der Waals surface area contributed by atoms with Gasteiger partial charge in [-0.2, -0.15) is 10.5 Å². The van der Waals surface area contributed by atoms with Gasteiger partial charge in [0.2, 0.25) is 0 Å². The summed E-state index contributed by atoms with van der Waals surface area (Å²) in [6.07, 6.45) is 1.95. The second-order valence-corrected chi connectivity index (χ2v) is 4.77. The predicted molar refractivity (Wildman–Crippen MR) is 73.8 cm³/mol. The van der Waals surface area contributed by atoms with Crippen LogP contribution in [0.1, 0.15) is 30.9 Å². The van der Waals surface area contributed by atoms with E-state index in [1.165, 1.54) is 18.2 Å². The van der Waals surface area contributed by atoms with Crippen LogP contribution in [0.5, 0.6) is 5.75 Å². The van der Waals surface area contributed by atoms with Gasteiger partial charge in [-0.25, -0.2) is 0 Å². The van der Waals surface area contributed by atoms with Gasteiger partial charge < -0.3 is 15.9 Å². The highest BCUT2D eigenvalue weighted by Gasteiger charge is 2.30. The van der Waals surface area contributed by atoms with E-state index in [1.54, 1.807) is 6.92 Å². The molecule has 0 aliphatic heterocycles. The largest absolute Gasteiger partial charge is 0.454 e. The molecular weight excluding hydrogens is 252 g/mol. The van der Waals surface area contributed by atoms with Crippen molar-refractivity contribution in [2.75, 3.05) is 0 Å². The third-order valence-electron chi connectivity index (χ3n) is 2.97. The molecule has 1 aromatic carbocycles. The fraction of sp³-hybridized carbons (Fsp3) is 0.267. The van der Waals surface area contributed by atoms with Gasteiger partial charge in [-0.15, -0.1) is 0 Å². The highest BCUT2D eigenvalue weighted by Crippen LogP contribution is 2.33. The first-order valence-electron chi connectivity index (χ1n) is 6.23. The smallest absolute Gasteiger partial charge is 0.166 e. The minimum absolute atomic E-state index is 0.207. The lowest BCUT2D eigenvalue weighted by Crippen LogP contribution is -2.15. The standard InChI is InChI=1S/C15H14N4O/c1-9(18)15(14(19)12-2-3-12)20-13-5-10(7-16)4-11(6-13)8-17/h4-6,12,19H,2-3,18H2,1H3/b15-9+,19-14?. The van der Waals surface area contributed by atoms with E-state index in [0.29, 0.717) is 34.0 Å². The second kappa shape index (κ2) is 5.46. The van der Waals surface area contributed by atoms with Crippen LogP contribution in [0.2, 0.25) is 0 Å². The van der Waals surface area contributed by atoms with Gasteiger partial charge in [0.15, 0.2) is 5.76 Å². The van der Waals surface area contributed by atoms with E-state index in [-0.39, 0.29) is 5.92 Å². The number of allylic oxidation sites excluding steroid dienone is 2. The van der Waals surface area contributed by atoms with E-state index in [2.05, 4.69) is 0 Å². The molecule has 1 aliphatic rings. The second-order valence-electron chi connectivity index (χ2n) is 4.77. The highest BCUT2D eigenvalue weighted by atomic mass is 16.5. The summed E-state index contributed by atoms with van der Waals surface area (Å²) in [4.78, 5) is 0. The van der Waals surface area contributed by atoms with Crippen molar-refractivity contribution in [2.45, 2.75) is 19.8 Å². The van der Waals surface area contributed by atoms with Crippen molar-refractivity contribution in [3.63, 3.8) is 0 Å². The third-order valence-corrected chi connectivity index (χ3v) is 2.97. The summed E-state index contributed by atoms with van der Waals surface area (Å²) in [6, 6.07) is 8.50. The predicted octanol–water partition coefficient (Wildman–Crippen LogP) is 2.43. The van der Waals surface area contributed by atoms with E-state index in [9.17, 15) is 0 Å². The summed E-state index contributed by atoms with van der Waals surface area (Å²) >= 11 is 0. The number of ether oxygens (including phenoxy) is 1. The topological polar surface area (TPSA) is 107 Å². The first kappa shape index (κ1) is 13.6. The van der Waals surface area contributed by atoms with E-state index in [4.69, 9.17) is 26.4 Å². The van der Waals surface area contributed by atoms with Crippen LogP contribution in [0.3, 0.4) is 0 Å². The molecule has 100 valence electrons. The number of nitrogens with two attached hydrogens (primary N) is 1. The monoisotopic (exact) mass is 266 g/mol. The summed E-state index contributed by atoms with van der Waals surface area (Å²) in [5.41, 5.74) is 7.25. The molecule has 1 fully saturated rings. The summed E-state index contributed by atoms with van der Waals surface area (Å²) in [7, 11) is 0. The van der Waals surface area contributed by atoms with Crippen LogP contribution in [0, 0.1) is 34.0 Å². The van der Waals surface area contributed by atoms with Crippen LogP contribution >= 0.6 is 0 Å². The van der Waals surface area contributed by atoms with E-state index in [1.807, 2.05) is 12.1 Å². The Labute approximate surface area is 117 Å². The normalized spacial score (nSPS) is 14.8. The lowest BCUT2D eigenvalue weighted by Gasteiger charge is -2.13. The molecule has 3 N–H and O–H groups in total. The van der Waals surface area contributed by atoms with Crippen LogP contribution in [0.4, 0.5) is 0 Å². The zero-order chi connectivity index (χ0) is 14.7. The zero-order valence-corrected chi connectivity index (χ0v) is 11.1. The van der Waals surface area contributed by atoms with Crippen LogP contribution in [0.25, 0.3) is 0 Å². The maximum Gasteiger partial charge on any atom is 0.166 e. The number of rotatable bonds is 4. The van der Waals surface area contributed by atoms with Crippen LogP contribution in [-0.4, -0.2) is 5.71 Å². The van der Waals surface area contributed by atoms with Crippen molar-refractivity contribution in [1.82, 2.24) is 0 Å². The van der Waals surface area contributed by atoms with Crippen LogP contribution in [-0.2, 0) is 0 Å². The molecule has 0 heterocycles. The molecule has 1 aromatic rings. The van der Waals surface area contributed by atoms with Crippen molar-refractivity contribution in [2.24, 2.45) is 11.7 Å². The summed E-state index contributed by atoms with van der Waals surface area (Å²) < 4.78 is 5.65. The van der Waals surface area contributed by atoms with Gasteiger partial charge in [-0.05, 0) is 38.0 Å². The Kier molecular flexibility index (Phi) is 3.72. The maximum absolute atomic E-state index is 8.94. The molecule has 0 aromatic heterocycles. The Balaban J connectivity index is 2.32. The molecule has 5 heteroatoms. The highest BCUT2D eigenvalue weighted by molar-refractivity contribution is 6.00. The fourth-order valence-electron chi connectivity index (χ4n) is 1.81. The molecule has 20 heavy (non-hydrogen) atoms. The molecule has 5 nitrogen and oxygen atoms in total. The lowest BCUT2D eigenvalue weighted by molar-refractivity contribution is 0.443. The maximum atomic E-state index is 8.94. The van der Waals surface area contributed by atoms with Crippen molar-refractivity contribution < 1.29 is 4.74 Å². The molecule has 0 bridgehead atoms. The number of benzene rings is 1. The van der Waals surface area contributed by atoms with Gasteiger partial charge in [-0.3, -0.25) is 0 Å². The Hall–Kier alpha value is -2.79. The Morgan fingerprint density at radius 1 is 1.25 bits per heavy atom. The molecule has 1 aliphatic carbocycles. The molecular formula is C15H14N4O. The van der Waals surface area contributed by atoms with Gasteiger partial charge in [-0.1, -0.05) is 0 Å². The number of hydrogen-bond acceptors (Lipinski definition) is 5. The van der Waals surface area contributed by atoms with Crippen molar-refractivity contribution in [3.05, 3.63) is 40.8 Å². The summed E-state index contributed by atoms with van der Waals surface area (Å²) in [5.74, 6) is 0.885. The van der Waals surface area contributed by atoms with Gasteiger partial charge >= 0.3 is 0 Å². The number of nitriles is 2. The lowest BCUT2D eigenvalue weighted by atomic mass is 10.1. The molecule has 2 rings (SSSR count). The summed E-state index contributed by atoms with van der Waals surface area (Å²) in [6.45, 7) is 1.67. The van der Waals surface area contributed by atoms with Crippen molar-refractivity contribution in [3.8, 4) is 17.9 Å². The Morgan fingerprint density at radius 2 is 1.80 bits per heavy atom. The molecule has 0 saturated heterocycles. The van der Waals surface area contributed by atoms with Gasteiger partial charge in [0.1, 0.15) is 5.75 Å². The SMILES string of the molecule is C/C(N)=C(\Oc1cc(C#N)cc(C#N)c1)C(=N)C1CC1. The van der Waals surface area contributed by atoms with Gasteiger partial charge in [0, 0.05) is 5.92 Å². The minimum atomic E-state index is 0.207. The van der Waals surface area contributed by atoms with Gasteiger partial charge in [0.05, 0.1) is 34.7 Å². The van der Waals surface area contributed by atoms with E-state index >= 15 is 0 Å². The number of nitrogens with one attached hydrogen (secondary N) is 1. The molecule has 1 saturated carbocycles. The first-order chi connectivity index (χ1) is 9.55. The van der Waals surface area contributed by atoms with E-state index < -0.39 is 0 Å². The molecule has 0 amide bonds. The minimum Gasteiger partial charge on any atom is -0.454 e. The molecule has 0 atom stereocenters. The average Bonchev–Trinajstić information content (AvgIpc) is 3.27. The quantitative estimate of drug-likeness (QED) is 0.644. The van der Waals surface area contributed by atoms with Crippen LogP contribution < -0.4 is 10.5 Å². The molecule has 0 spiro atoms. The molecule has 0 unspecified atom stereocenters. The van der Waals surface area contributed by atoms with E-state index in [0.717, 1.165) is 12.8 Å². The third kappa shape index (κ3) is 2.96. The van der Waals surface area contributed by atoms with Crippen LogP contribution in [0.15, 0.2) is 29.7 Å². The van der Waals surface area contributed by atoms with Gasteiger partial charge in [0.25, 0.3) is 0 Å². The average molecular weight is 266 g/mol.